The van der Waals surface area contributed by atoms with E-state index in [2.05, 4.69) is 69.4 Å². The Hall–Kier alpha value is -2.63. The Labute approximate surface area is 365 Å². The molecule has 0 amide bonds. The predicted molar refractivity (Wildman–Crippen MR) is 252 cm³/mol. The number of unbranched alkanes of at least 4 members (excludes halogenated alkanes) is 26. The first-order valence-corrected chi connectivity index (χ1v) is 25.1. The number of rotatable bonds is 45. The standard InChI is InChI=1S/C53H94O6/c1-4-7-10-13-16-19-22-24-25-26-27-29-32-34-37-40-43-46-52(55)58-49-50(59-53(56)47-44-41-38-35-30-21-18-15-12-9-6-3)48-57-51(54)45-42-39-36-33-31-28-23-20-17-14-11-8-5-2/h16,19-20,23-25,27,29,50H,4-15,17-18,21-22,26,28,30-49H2,1-3H3/b19-16-,23-20-,25-24-,29-27-/t50-/m0/s1. The molecule has 0 aromatic carbocycles. The molecular formula is C53H94O6. The first-order valence-electron chi connectivity index (χ1n) is 25.1. The molecule has 0 saturated carbocycles. The van der Waals surface area contributed by atoms with Crippen molar-refractivity contribution in [2.24, 2.45) is 0 Å². The predicted octanol–water partition coefficient (Wildman–Crippen LogP) is 16.3. The molecule has 342 valence electrons. The highest BCUT2D eigenvalue weighted by molar-refractivity contribution is 5.71. The van der Waals surface area contributed by atoms with Gasteiger partial charge in [-0.25, -0.2) is 0 Å². The maximum Gasteiger partial charge on any atom is 0.306 e. The van der Waals surface area contributed by atoms with Crippen molar-refractivity contribution in [3.63, 3.8) is 0 Å². The highest BCUT2D eigenvalue weighted by atomic mass is 16.6. The summed E-state index contributed by atoms with van der Waals surface area (Å²) in [5.41, 5.74) is 0. The molecule has 1 atom stereocenters. The summed E-state index contributed by atoms with van der Waals surface area (Å²) in [5, 5.41) is 0. The maximum atomic E-state index is 12.7. The van der Waals surface area contributed by atoms with Crippen LogP contribution < -0.4 is 0 Å². The lowest BCUT2D eigenvalue weighted by Crippen LogP contribution is -2.30. The van der Waals surface area contributed by atoms with Gasteiger partial charge in [0.25, 0.3) is 0 Å². The Morgan fingerprint density at radius 1 is 0.339 bits per heavy atom. The van der Waals surface area contributed by atoms with E-state index in [1.807, 2.05) is 0 Å². The van der Waals surface area contributed by atoms with Crippen LogP contribution in [0.2, 0.25) is 0 Å². The average Bonchev–Trinajstić information content (AvgIpc) is 3.23. The van der Waals surface area contributed by atoms with Crippen molar-refractivity contribution in [1.82, 2.24) is 0 Å². The van der Waals surface area contributed by atoms with Gasteiger partial charge in [0.1, 0.15) is 13.2 Å². The zero-order valence-corrected chi connectivity index (χ0v) is 39.0. The minimum Gasteiger partial charge on any atom is -0.462 e. The number of esters is 3. The third-order valence-corrected chi connectivity index (χ3v) is 10.8. The van der Waals surface area contributed by atoms with E-state index in [0.29, 0.717) is 19.3 Å². The normalized spacial score (nSPS) is 12.4. The van der Waals surface area contributed by atoms with E-state index < -0.39 is 6.10 Å². The van der Waals surface area contributed by atoms with Crippen LogP contribution in [0, 0.1) is 0 Å². The molecule has 0 fully saturated rings. The fraction of sp³-hybridized carbons (Fsp3) is 0.792. The second-order valence-corrected chi connectivity index (χ2v) is 16.7. The summed E-state index contributed by atoms with van der Waals surface area (Å²) in [5.74, 6) is -0.909. The summed E-state index contributed by atoms with van der Waals surface area (Å²) in [4.78, 5) is 37.9. The van der Waals surface area contributed by atoms with Gasteiger partial charge in [0.2, 0.25) is 0 Å². The Balaban J connectivity index is 4.39. The topological polar surface area (TPSA) is 78.9 Å². The Bertz CT molecular complexity index is 1040. The van der Waals surface area contributed by atoms with E-state index >= 15 is 0 Å². The van der Waals surface area contributed by atoms with E-state index in [9.17, 15) is 14.4 Å². The lowest BCUT2D eigenvalue weighted by atomic mass is 10.1. The zero-order chi connectivity index (χ0) is 43.0. The monoisotopic (exact) mass is 827 g/mol. The number of carbonyl (C=O) groups is 3. The van der Waals surface area contributed by atoms with Gasteiger partial charge in [-0.15, -0.1) is 0 Å². The number of hydrogen-bond acceptors (Lipinski definition) is 6. The molecule has 0 aliphatic carbocycles. The van der Waals surface area contributed by atoms with E-state index in [1.165, 1.54) is 122 Å². The minimum absolute atomic E-state index is 0.0830. The summed E-state index contributed by atoms with van der Waals surface area (Å²) < 4.78 is 16.7. The fourth-order valence-corrected chi connectivity index (χ4v) is 6.97. The van der Waals surface area contributed by atoms with Crippen LogP contribution in [0.3, 0.4) is 0 Å². The summed E-state index contributed by atoms with van der Waals surface area (Å²) in [7, 11) is 0. The zero-order valence-electron chi connectivity index (χ0n) is 39.0. The quantitative estimate of drug-likeness (QED) is 0.0263. The van der Waals surface area contributed by atoms with Crippen molar-refractivity contribution >= 4 is 17.9 Å². The summed E-state index contributed by atoms with van der Waals surface area (Å²) in [6.07, 6.45) is 56.6. The first kappa shape index (κ1) is 56.4. The largest absolute Gasteiger partial charge is 0.462 e. The van der Waals surface area contributed by atoms with Crippen LogP contribution in [0.4, 0.5) is 0 Å². The molecule has 0 aromatic heterocycles. The SMILES string of the molecule is CCCCC/C=C\C/C=C\C/C=C\CCCCCCC(=O)OC[C@H](COC(=O)CCCCCCC/C=C\CCCCCC)OC(=O)CCCCCCCCCCCCC. The van der Waals surface area contributed by atoms with Crippen molar-refractivity contribution in [3.05, 3.63) is 48.6 Å². The molecule has 6 nitrogen and oxygen atoms in total. The highest BCUT2D eigenvalue weighted by Gasteiger charge is 2.19. The van der Waals surface area contributed by atoms with Crippen molar-refractivity contribution in [1.29, 1.82) is 0 Å². The van der Waals surface area contributed by atoms with Crippen LogP contribution in [0.1, 0.15) is 252 Å². The second kappa shape index (κ2) is 48.0. The van der Waals surface area contributed by atoms with Gasteiger partial charge in [-0.3, -0.25) is 14.4 Å². The van der Waals surface area contributed by atoms with Gasteiger partial charge in [0, 0.05) is 19.3 Å². The summed E-state index contributed by atoms with van der Waals surface area (Å²) >= 11 is 0. The molecule has 59 heavy (non-hydrogen) atoms. The first-order chi connectivity index (χ1) is 29.0. The van der Waals surface area contributed by atoms with Gasteiger partial charge in [0.05, 0.1) is 0 Å². The third-order valence-electron chi connectivity index (χ3n) is 10.8. The van der Waals surface area contributed by atoms with Crippen molar-refractivity contribution in [2.75, 3.05) is 13.2 Å². The van der Waals surface area contributed by atoms with Gasteiger partial charge in [0.15, 0.2) is 6.10 Å². The molecule has 0 aliphatic heterocycles. The molecule has 0 saturated heterocycles. The molecule has 0 radical (unpaired) electrons. The average molecular weight is 827 g/mol. The van der Waals surface area contributed by atoms with Crippen LogP contribution in [-0.4, -0.2) is 37.2 Å². The lowest BCUT2D eigenvalue weighted by Gasteiger charge is -2.18. The van der Waals surface area contributed by atoms with Crippen molar-refractivity contribution < 1.29 is 28.6 Å². The molecule has 0 bridgehead atoms. The molecule has 6 heteroatoms. The summed E-state index contributed by atoms with van der Waals surface area (Å²) in [6.45, 7) is 6.57. The van der Waals surface area contributed by atoms with Gasteiger partial charge < -0.3 is 14.2 Å². The van der Waals surface area contributed by atoms with Gasteiger partial charge in [-0.05, 0) is 83.5 Å². The second-order valence-electron chi connectivity index (χ2n) is 16.7. The molecular weight excluding hydrogens is 733 g/mol. The van der Waals surface area contributed by atoms with Gasteiger partial charge in [-0.2, -0.15) is 0 Å². The van der Waals surface area contributed by atoms with Crippen molar-refractivity contribution in [3.8, 4) is 0 Å². The highest BCUT2D eigenvalue weighted by Crippen LogP contribution is 2.14. The van der Waals surface area contributed by atoms with Crippen LogP contribution in [-0.2, 0) is 28.6 Å². The van der Waals surface area contributed by atoms with E-state index in [-0.39, 0.29) is 31.1 Å². The van der Waals surface area contributed by atoms with Gasteiger partial charge >= 0.3 is 17.9 Å². The molecule has 0 spiro atoms. The van der Waals surface area contributed by atoms with Crippen LogP contribution in [0.25, 0.3) is 0 Å². The smallest absolute Gasteiger partial charge is 0.306 e. The Kier molecular flexibility index (Phi) is 45.9. The fourth-order valence-electron chi connectivity index (χ4n) is 6.97. The van der Waals surface area contributed by atoms with Crippen LogP contribution >= 0.6 is 0 Å². The number of allylic oxidation sites excluding steroid dienone is 8. The molecule has 0 heterocycles. The molecule has 0 rings (SSSR count). The molecule has 0 aromatic rings. The number of hydrogen-bond donors (Lipinski definition) is 0. The minimum atomic E-state index is -0.781. The van der Waals surface area contributed by atoms with Crippen LogP contribution in [0.15, 0.2) is 48.6 Å². The van der Waals surface area contributed by atoms with E-state index in [0.717, 1.165) is 89.9 Å². The Morgan fingerprint density at radius 2 is 0.610 bits per heavy atom. The Morgan fingerprint density at radius 3 is 1.02 bits per heavy atom. The van der Waals surface area contributed by atoms with Crippen molar-refractivity contribution in [2.45, 2.75) is 258 Å². The molecule has 0 aliphatic rings. The molecule has 0 unspecified atom stereocenters. The van der Waals surface area contributed by atoms with Crippen LogP contribution in [0.5, 0.6) is 0 Å². The molecule has 0 N–H and O–H groups in total. The summed E-state index contributed by atoms with van der Waals surface area (Å²) in [6, 6.07) is 0. The lowest BCUT2D eigenvalue weighted by molar-refractivity contribution is -0.167. The number of ether oxygens (including phenoxy) is 3. The van der Waals surface area contributed by atoms with E-state index in [4.69, 9.17) is 14.2 Å². The van der Waals surface area contributed by atoms with E-state index in [1.54, 1.807) is 0 Å². The van der Waals surface area contributed by atoms with Gasteiger partial charge in [-0.1, -0.05) is 198 Å². The maximum absolute atomic E-state index is 12.7. The number of carbonyl (C=O) groups excluding carboxylic acids is 3. The third kappa shape index (κ3) is 46.3.